The molecule has 1 saturated carbocycles. The maximum atomic E-state index is 6.01. The second kappa shape index (κ2) is 12.4. The van der Waals surface area contributed by atoms with Gasteiger partial charge in [0.15, 0.2) is 0 Å². The molecule has 0 spiro atoms. The van der Waals surface area contributed by atoms with Crippen molar-refractivity contribution < 1.29 is 4.74 Å². The number of rotatable bonds is 12. The molecule has 0 aromatic carbocycles. The van der Waals surface area contributed by atoms with Crippen LogP contribution in [0.1, 0.15) is 71.1 Å². The fraction of sp³-hybridized carbons (Fsp3) is 1.00. The fourth-order valence-corrected chi connectivity index (χ4v) is 3.19. The standard InChI is InChI=1S/C18H38N2O/c1-3-4-6-13-20(2)14-7-5-8-15-21-18-11-9-17(16-19)10-12-18/h17-18H,3-16,19H2,1-2H3/t17-,18-. The van der Waals surface area contributed by atoms with Gasteiger partial charge in [-0.25, -0.2) is 0 Å². The number of ether oxygens (including phenoxy) is 1. The molecule has 1 aliphatic rings. The number of hydrogen-bond acceptors (Lipinski definition) is 3. The van der Waals surface area contributed by atoms with E-state index in [1.165, 1.54) is 77.3 Å². The predicted octanol–water partition coefficient (Wildman–Crippen LogP) is 3.81. The van der Waals surface area contributed by atoms with Crippen molar-refractivity contribution >= 4 is 0 Å². The summed E-state index contributed by atoms with van der Waals surface area (Å²) in [5, 5.41) is 0. The van der Waals surface area contributed by atoms with Gasteiger partial charge in [-0.3, -0.25) is 0 Å². The average Bonchev–Trinajstić information content (AvgIpc) is 2.51. The van der Waals surface area contributed by atoms with Crippen LogP contribution in [-0.2, 0) is 4.74 Å². The van der Waals surface area contributed by atoms with E-state index in [9.17, 15) is 0 Å². The zero-order valence-electron chi connectivity index (χ0n) is 14.5. The molecule has 0 aromatic rings. The van der Waals surface area contributed by atoms with E-state index in [0.717, 1.165) is 19.1 Å². The van der Waals surface area contributed by atoms with E-state index in [1.54, 1.807) is 0 Å². The van der Waals surface area contributed by atoms with Crippen LogP contribution in [0.15, 0.2) is 0 Å². The first-order valence-corrected chi connectivity index (χ1v) is 9.26. The smallest absolute Gasteiger partial charge is 0.0575 e. The van der Waals surface area contributed by atoms with Crippen LogP contribution in [0.3, 0.4) is 0 Å². The molecule has 0 amide bonds. The third-order valence-electron chi connectivity index (χ3n) is 4.81. The van der Waals surface area contributed by atoms with E-state index in [0.29, 0.717) is 6.10 Å². The molecule has 1 fully saturated rings. The summed E-state index contributed by atoms with van der Waals surface area (Å²) in [7, 11) is 2.25. The number of unbranched alkanes of at least 4 members (excludes halogenated alkanes) is 4. The van der Waals surface area contributed by atoms with Crippen LogP contribution < -0.4 is 5.73 Å². The first-order valence-electron chi connectivity index (χ1n) is 9.26. The van der Waals surface area contributed by atoms with Gasteiger partial charge < -0.3 is 15.4 Å². The second-order valence-corrected chi connectivity index (χ2v) is 6.82. The van der Waals surface area contributed by atoms with Gasteiger partial charge >= 0.3 is 0 Å². The predicted molar refractivity (Wildman–Crippen MR) is 91.6 cm³/mol. The molecule has 3 nitrogen and oxygen atoms in total. The lowest BCUT2D eigenvalue weighted by Crippen LogP contribution is -2.26. The van der Waals surface area contributed by atoms with Gasteiger partial charge in [-0.1, -0.05) is 19.8 Å². The van der Waals surface area contributed by atoms with E-state index in [4.69, 9.17) is 10.5 Å². The van der Waals surface area contributed by atoms with Gasteiger partial charge in [0, 0.05) is 6.61 Å². The molecule has 0 aliphatic heterocycles. The van der Waals surface area contributed by atoms with Crippen LogP contribution in [0.25, 0.3) is 0 Å². The summed E-state index contributed by atoms with van der Waals surface area (Å²) < 4.78 is 6.01. The van der Waals surface area contributed by atoms with Crippen molar-refractivity contribution in [2.24, 2.45) is 11.7 Å². The van der Waals surface area contributed by atoms with E-state index in [1.807, 2.05) is 0 Å². The van der Waals surface area contributed by atoms with E-state index in [2.05, 4.69) is 18.9 Å². The minimum absolute atomic E-state index is 0.518. The number of hydrogen-bond donors (Lipinski definition) is 1. The molecule has 2 N–H and O–H groups in total. The van der Waals surface area contributed by atoms with Crippen LogP contribution in [0.4, 0.5) is 0 Å². The van der Waals surface area contributed by atoms with Gasteiger partial charge in [-0.2, -0.15) is 0 Å². The van der Waals surface area contributed by atoms with Gasteiger partial charge in [0.1, 0.15) is 0 Å². The Bertz CT molecular complexity index is 227. The average molecular weight is 299 g/mol. The summed E-state index contributed by atoms with van der Waals surface area (Å²) in [6.07, 6.45) is 13.4. The number of nitrogens with zero attached hydrogens (tertiary/aromatic N) is 1. The molecule has 0 unspecified atom stereocenters. The Labute approximate surface area is 132 Å². The highest BCUT2D eigenvalue weighted by molar-refractivity contribution is 4.73. The highest BCUT2D eigenvalue weighted by Gasteiger charge is 2.20. The van der Waals surface area contributed by atoms with E-state index < -0.39 is 0 Å². The number of nitrogens with two attached hydrogens (primary N) is 1. The van der Waals surface area contributed by atoms with Crippen LogP contribution in [-0.4, -0.2) is 44.3 Å². The third-order valence-corrected chi connectivity index (χ3v) is 4.81. The van der Waals surface area contributed by atoms with E-state index >= 15 is 0 Å². The zero-order chi connectivity index (χ0) is 15.3. The molecule has 1 aliphatic carbocycles. The Morgan fingerprint density at radius 1 is 0.952 bits per heavy atom. The van der Waals surface area contributed by atoms with Crippen molar-refractivity contribution in [2.45, 2.75) is 77.2 Å². The Morgan fingerprint density at radius 3 is 2.24 bits per heavy atom. The highest BCUT2D eigenvalue weighted by Crippen LogP contribution is 2.25. The highest BCUT2D eigenvalue weighted by atomic mass is 16.5. The monoisotopic (exact) mass is 298 g/mol. The largest absolute Gasteiger partial charge is 0.378 e. The Hall–Kier alpha value is -0.120. The molecule has 0 heterocycles. The molecule has 1 rings (SSSR count). The van der Waals surface area contributed by atoms with Crippen LogP contribution in [0.5, 0.6) is 0 Å². The quantitative estimate of drug-likeness (QED) is 0.557. The normalized spacial score (nSPS) is 22.9. The first-order chi connectivity index (χ1) is 10.3. The lowest BCUT2D eigenvalue weighted by molar-refractivity contribution is 0.0169. The molecule has 0 atom stereocenters. The van der Waals surface area contributed by atoms with Crippen molar-refractivity contribution in [3.63, 3.8) is 0 Å². The Morgan fingerprint density at radius 2 is 1.62 bits per heavy atom. The maximum absolute atomic E-state index is 6.01. The second-order valence-electron chi connectivity index (χ2n) is 6.82. The van der Waals surface area contributed by atoms with Gasteiger partial charge in [0.05, 0.1) is 6.10 Å². The molecular formula is C18H38N2O. The summed E-state index contributed by atoms with van der Waals surface area (Å²) in [6.45, 7) is 6.58. The van der Waals surface area contributed by atoms with Crippen molar-refractivity contribution in [1.82, 2.24) is 4.90 Å². The Balaban J connectivity index is 1.86. The summed E-state index contributed by atoms with van der Waals surface area (Å²) >= 11 is 0. The van der Waals surface area contributed by atoms with Crippen molar-refractivity contribution in [2.75, 3.05) is 33.3 Å². The molecule has 0 bridgehead atoms. The third kappa shape index (κ3) is 9.49. The van der Waals surface area contributed by atoms with Gasteiger partial charge in [0.25, 0.3) is 0 Å². The molecule has 0 aromatic heterocycles. The molecular weight excluding hydrogens is 260 g/mol. The minimum Gasteiger partial charge on any atom is -0.378 e. The molecule has 21 heavy (non-hydrogen) atoms. The van der Waals surface area contributed by atoms with Gasteiger partial charge in [-0.15, -0.1) is 0 Å². The minimum atomic E-state index is 0.518. The lowest BCUT2D eigenvalue weighted by atomic mass is 9.87. The summed E-state index contributed by atoms with van der Waals surface area (Å²) in [4.78, 5) is 2.48. The van der Waals surface area contributed by atoms with Gasteiger partial charge in [-0.05, 0) is 84.0 Å². The zero-order valence-corrected chi connectivity index (χ0v) is 14.5. The maximum Gasteiger partial charge on any atom is 0.0575 e. The summed E-state index contributed by atoms with van der Waals surface area (Å²) in [5.74, 6) is 0.757. The molecule has 126 valence electrons. The Kier molecular flexibility index (Phi) is 11.2. The molecule has 0 saturated heterocycles. The SMILES string of the molecule is CCCCCN(C)CCCCCO[C@H]1CC[C@H](CN)CC1. The summed E-state index contributed by atoms with van der Waals surface area (Å²) in [5.41, 5.74) is 5.72. The topological polar surface area (TPSA) is 38.5 Å². The molecule has 3 heteroatoms. The van der Waals surface area contributed by atoms with Crippen LogP contribution >= 0.6 is 0 Å². The lowest BCUT2D eigenvalue weighted by Gasteiger charge is -2.27. The summed E-state index contributed by atoms with van der Waals surface area (Å²) in [6, 6.07) is 0. The molecule has 0 radical (unpaired) electrons. The van der Waals surface area contributed by atoms with E-state index in [-0.39, 0.29) is 0 Å². The van der Waals surface area contributed by atoms with Crippen LogP contribution in [0.2, 0.25) is 0 Å². The van der Waals surface area contributed by atoms with Crippen LogP contribution in [0, 0.1) is 5.92 Å². The first kappa shape index (κ1) is 18.9. The van der Waals surface area contributed by atoms with Gasteiger partial charge in [0.2, 0.25) is 0 Å². The van der Waals surface area contributed by atoms with Crippen molar-refractivity contribution in [3.8, 4) is 0 Å². The van der Waals surface area contributed by atoms with Crippen molar-refractivity contribution in [1.29, 1.82) is 0 Å². The fourth-order valence-electron chi connectivity index (χ4n) is 3.19. The van der Waals surface area contributed by atoms with Crippen molar-refractivity contribution in [3.05, 3.63) is 0 Å².